The fourth-order valence-corrected chi connectivity index (χ4v) is 2.56. The number of thioether (sulfide) groups is 1. The lowest BCUT2D eigenvalue weighted by molar-refractivity contribution is -0.104. The lowest BCUT2D eigenvalue weighted by Crippen LogP contribution is -2.35. The van der Waals surface area contributed by atoms with E-state index in [1.165, 1.54) is 11.8 Å². The van der Waals surface area contributed by atoms with E-state index < -0.39 is 17.7 Å². The van der Waals surface area contributed by atoms with E-state index in [0.717, 1.165) is 11.1 Å². The first-order valence-electron chi connectivity index (χ1n) is 7.35. The van der Waals surface area contributed by atoms with Crippen LogP contribution in [0.4, 0.5) is 4.79 Å². The van der Waals surface area contributed by atoms with Crippen LogP contribution in [0.25, 0.3) is 0 Å². The monoisotopic (exact) mass is 367 g/mol. The van der Waals surface area contributed by atoms with Crippen LogP contribution in [0.5, 0.6) is 0 Å². The van der Waals surface area contributed by atoms with E-state index in [-0.39, 0.29) is 0 Å². The standard InChI is InChI=1S/C18H22ClNO3S/c1-12(11-24-13(2)10-21)16(14-7-6-8-15(19)9-14)20-17(22)23-18(3,4)5/h6-11,16H,2H2,1,3-5H3,(H,20,22)/b12-11+. The Morgan fingerprint density at radius 2 is 2.08 bits per heavy atom. The molecule has 130 valence electrons. The van der Waals surface area contributed by atoms with Gasteiger partial charge in [-0.25, -0.2) is 4.79 Å². The zero-order chi connectivity index (χ0) is 18.3. The third-order valence-corrected chi connectivity index (χ3v) is 3.95. The topological polar surface area (TPSA) is 55.4 Å². The molecular formula is C18H22ClNO3S. The molecule has 24 heavy (non-hydrogen) atoms. The van der Waals surface area contributed by atoms with Gasteiger partial charge < -0.3 is 10.1 Å². The Labute approximate surface area is 152 Å². The molecule has 4 nitrogen and oxygen atoms in total. The zero-order valence-corrected chi connectivity index (χ0v) is 15.8. The Bertz CT molecular complexity index is 650. The number of benzene rings is 1. The molecule has 0 heterocycles. The lowest BCUT2D eigenvalue weighted by atomic mass is 10.0. The van der Waals surface area contributed by atoms with Crippen LogP contribution in [0.15, 0.2) is 46.7 Å². The van der Waals surface area contributed by atoms with E-state index in [2.05, 4.69) is 11.9 Å². The summed E-state index contributed by atoms with van der Waals surface area (Å²) in [6.07, 6.45) is 0.156. The van der Waals surface area contributed by atoms with Crippen molar-refractivity contribution in [3.63, 3.8) is 0 Å². The summed E-state index contributed by atoms with van der Waals surface area (Å²) in [6, 6.07) is 6.79. The summed E-state index contributed by atoms with van der Waals surface area (Å²) in [6.45, 7) is 10.9. The van der Waals surface area contributed by atoms with Gasteiger partial charge in [0, 0.05) is 9.93 Å². The molecule has 6 heteroatoms. The van der Waals surface area contributed by atoms with Crippen molar-refractivity contribution in [1.82, 2.24) is 5.32 Å². The minimum atomic E-state index is -0.596. The van der Waals surface area contributed by atoms with Gasteiger partial charge in [0.15, 0.2) is 6.29 Å². The maximum atomic E-state index is 12.2. The Balaban J connectivity index is 3.05. The molecule has 1 aromatic rings. The molecule has 1 rings (SSSR count). The van der Waals surface area contributed by atoms with E-state index in [1.54, 1.807) is 38.3 Å². The van der Waals surface area contributed by atoms with Crippen LogP contribution in [-0.4, -0.2) is 18.0 Å². The van der Waals surface area contributed by atoms with Crippen LogP contribution in [0.1, 0.15) is 39.3 Å². The van der Waals surface area contributed by atoms with Gasteiger partial charge in [0.1, 0.15) is 5.60 Å². The Kier molecular flexibility index (Phi) is 7.58. The first kappa shape index (κ1) is 20.3. The third kappa shape index (κ3) is 7.23. The van der Waals surface area contributed by atoms with Crippen molar-refractivity contribution in [3.8, 4) is 0 Å². The summed E-state index contributed by atoms with van der Waals surface area (Å²) in [5, 5.41) is 5.19. The number of nitrogens with one attached hydrogen (secondary N) is 1. The molecule has 0 aliphatic heterocycles. The average molecular weight is 368 g/mol. The molecule has 0 aliphatic carbocycles. The molecule has 0 saturated carbocycles. The lowest BCUT2D eigenvalue weighted by Gasteiger charge is -2.24. The van der Waals surface area contributed by atoms with Crippen LogP contribution in [0, 0.1) is 0 Å². The van der Waals surface area contributed by atoms with Gasteiger partial charge in [-0.15, -0.1) is 0 Å². The summed E-state index contributed by atoms with van der Waals surface area (Å²) in [7, 11) is 0. The molecule has 0 aliphatic rings. The van der Waals surface area contributed by atoms with Gasteiger partial charge >= 0.3 is 6.09 Å². The van der Waals surface area contributed by atoms with Gasteiger partial charge in [-0.2, -0.15) is 0 Å². The van der Waals surface area contributed by atoms with Crippen LogP contribution >= 0.6 is 23.4 Å². The zero-order valence-electron chi connectivity index (χ0n) is 14.3. The van der Waals surface area contributed by atoms with Crippen molar-refractivity contribution < 1.29 is 14.3 Å². The van der Waals surface area contributed by atoms with Crippen LogP contribution in [-0.2, 0) is 9.53 Å². The number of carbonyl (C=O) groups excluding carboxylic acids is 2. The highest BCUT2D eigenvalue weighted by Gasteiger charge is 2.22. The van der Waals surface area contributed by atoms with Crippen molar-refractivity contribution in [1.29, 1.82) is 0 Å². The van der Waals surface area contributed by atoms with Gasteiger partial charge in [0.2, 0.25) is 0 Å². The number of rotatable bonds is 6. The first-order valence-corrected chi connectivity index (χ1v) is 8.60. The number of amides is 1. The highest BCUT2D eigenvalue weighted by molar-refractivity contribution is 8.06. The second-order valence-corrected chi connectivity index (χ2v) is 7.63. The number of alkyl carbamates (subject to hydrolysis) is 1. The third-order valence-electron chi connectivity index (χ3n) is 2.83. The largest absolute Gasteiger partial charge is 0.444 e. The quantitative estimate of drug-likeness (QED) is 0.550. The predicted octanol–water partition coefficient (Wildman–Crippen LogP) is 5.26. The number of aldehydes is 1. The van der Waals surface area contributed by atoms with Crippen LogP contribution < -0.4 is 5.32 Å². The number of ether oxygens (including phenoxy) is 1. The van der Waals surface area contributed by atoms with Gasteiger partial charge in [-0.05, 0) is 56.4 Å². The van der Waals surface area contributed by atoms with E-state index >= 15 is 0 Å². The van der Waals surface area contributed by atoms with Crippen molar-refractivity contribution in [2.45, 2.75) is 39.3 Å². The van der Waals surface area contributed by atoms with Gasteiger partial charge in [0.05, 0.1) is 6.04 Å². The fourth-order valence-electron chi connectivity index (χ4n) is 1.84. The van der Waals surface area contributed by atoms with Gasteiger partial charge in [-0.1, -0.05) is 42.1 Å². The van der Waals surface area contributed by atoms with Gasteiger partial charge in [0.25, 0.3) is 0 Å². The summed E-state index contributed by atoms with van der Waals surface area (Å²) < 4.78 is 5.33. The second-order valence-electron chi connectivity index (χ2n) is 6.20. The summed E-state index contributed by atoms with van der Waals surface area (Å²) in [5.41, 5.74) is 1.05. The minimum absolute atomic E-state index is 0.386. The highest BCUT2D eigenvalue weighted by atomic mass is 35.5. The summed E-state index contributed by atoms with van der Waals surface area (Å²) in [5.74, 6) is 0. The Hall–Kier alpha value is -1.72. The molecule has 0 bridgehead atoms. The molecular weight excluding hydrogens is 346 g/mol. The van der Waals surface area contributed by atoms with Crippen molar-refractivity contribution >= 4 is 35.7 Å². The predicted molar refractivity (Wildman–Crippen MR) is 100 cm³/mol. The number of halogens is 1. The van der Waals surface area contributed by atoms with Crippen LogP contribution in [0.3, 0.4) is 0 Å². The van der Waals surface area contributed by atoms with Crippen LogP contribution in [0.2, 0.25) is 5.02 Å². The summed E-state index contributed by atoms with van der Waals surface area (Å²) in [4.78, 5) is 23.2. The van der Waals surface area contributed by atoms with Crippen molar-refractivity contribution in [3.05, 3.63) is 57.3 Å². The van der Waals surface area contributed by atoms with E-state index in [1.807, 2.05) is 19.1 Å². The minimum Gasteiger partial charge on any atom is -0.444 e. The normalized spacial score (nSPS) is 13.1. The number of allylic oxidation sites excluding steroid dienone is 1. The van der Waals surface area contributed by atoms with E-state index in [4.69, 9.17) is 16.3 Å². The Morgan fingerprint density at radius 1 is 1.42 bits per heavy atom. The van der Waals surface area contributed by atoms with E-state index in [0.29, 0.717) is 16.2 Å². The molecule has 1 amide bonds. The molecule has 1 unspecified atom stereocenters. The van der Waals surface area contributed by atoms with E-state index in [9.17, 15) is 9.59 Å². The molecule has 0 saturated heterocycles. The number of hydrogen-bond acceptors (Lipinski definition) is 4. The van der Waals surface area contributed by atoms with Crippen molar-refractivity contribution in [2.75, 3.05) is 0 Å². The molecule has 0 aromatic heterocycles. The SMILES string of the molecule is C=C(C=O)S/C=C(\C)C(NC(=O)OC(C)(C)C)c1cccc(Cl)c1. The maximum absolute atomic E-state index is 12.2. The summed E-state index contributed by atoms with van der Waals surface area (Å²) >= 11 is 7.26. The second kappa shape index (κ2) is 8.94. The van der Waals surface area contributed by atoms with Gasteiger partial charge in [-0.3, -0.25) is 4.79 Å². The molecule has 1 N–H and O–H groups in total. The average Bonchev–Trinajstić information content (AvgIpc) is 2.48. The molecule has 0 radical (unpaired) electrons. The van der Waals surface area contributed by atoms with Crippen molar-refractivity contribution in [2.24, 2.45) is 0 Å². The smallest absolute Gasteiger partial charge is 0.408 e. The maximum Gasteiger partial charge on any atom is 0.408 e. The molecule has 1 atom stereocenters. The number of carbonyl (C=O) groups is 2. The molecule has 1 aromatic carbocycles. The fraction of sp³-hybridized carbons (Fsp3) is 0.333. The number of hydrogen-bond donors (Lipinski definition) is 1. The Morgan fingerprint density at radius 3 is 2.62 bits per heavy atom. The molecule has 0 fully saturated rings. The highest BCUT2D eigenvalue weighted by Crippen LogP contribution is 2.27. The first-order chi connectivity index (χ1) is 11.1. The molecule has 0 spiro atoms.